The van der Waals surface area contributed by atoms with Crippen LogP contribution in [0.15, 0.2) is 0 Å². The molecular weight excluding hydrogens is 400 g/mol. The van der Waals surface area contributed by atoms with Crippen molar-refractivity contribution in [3.63, 3.8) is 0 Å². The quantitative estimate of drug-likeness (QED) is 0.218. The molecule has 2 aliphatic rings. The Morgan fingerprint density at radius 3 is 1.86 bits per heavy atom. The van der Waals surface area contributed by atoms with Gasteiger partial charge in [-0.2, -0.15) is 0 Å². The van der Waals surface area contributed by atoms with Crippen LogP contribution in [0.3, 0.4) is 0 Å². The number of hydrogen-bond acceptors (Lipinski definition) is 8. The Morgan fingerprint density at radius 2 is 1.43 bits per heavy atom. The maximum absolute atomic E-state index is 5.70. The fourth-order valence-corrected chi connectivity index (χ4v) is 5.75. The average Bonchev–Trinajstić information content (AvgIpc) is 3.58. The number of epoxide rings is 2. The van der Waals surface area contributed by atoms with E-state index >= 15 is 0 Å². The molecule has 3 atom stereocenters. The molecule has 168 valence electrons. The number of rotatable bonds is 15. The maximum Gasteiger partial charge on any atom is 0.364 e. The van der Waals surface area contributed by atoms with Gasteiger partial charge >= 0.3 is 17.1 Å². The molecule has 28 heavy (non-hydrogen) atoms. The summed E-state index contributed by atoms with van der Waals surface area (Å²) in [5.74, 6) is 0. The standard InChI is InChI=1S/C10H22O4Si.C8H18O4Si/c1-4-13-15(3,14-5-2)7-6-11-8-10-9-12-10;1-7(11-5-8-6-12-8)13(4,9-2)10-3/h10H,4-9H2,1-3H3;7-8H,5-6H2,1-4H3. The van der Waals surface area contributed by atoms with Crippen LogP contribution < -0.4 is 0 Å². The second-order valence-corrected chi connectivity index (χ2v) is 14.1. The lowest BCUT2D eigenvalue weighted by molar-refractivity contribution is 0.0605. The highest BCUT2D eigenvalue weighted by molar-refractivity contribution is 6.67. The number of ether oxygens (including phenoxy) is 4. The average molecular weight is 441 g/mol. The van der Waals surface area contributed by atoms with Crippen molar-refractivity contribution in [3.05, 3.63) is 0 Å². The summed E-state index contributed by atoms with van der Waals surface area (Å²) in [7, 11) is -0.745. The summed E-state index contributed by atoms with van der Waals surface area (Å²) in [5.41, 5.74) is 0.0340. The molecule has 2 rings (SSSR count). The predicted octanol–water partition coefficient (Wildman–Crippen LogP) is 2.24. The van der Waals surface area contributed by atoms with E-state index < -0.39 is 17.1 Å². The normalized spacial score (nSPS) is 22.4. The van der Waals surface area contributed by atoms with Crippen LogP contribution in [0.5, 0.6) is 0 Å². The highest BCUT2D eigenvalue weighted by Crippen LogP contribution is 2.17. The molecule has 0 saturated carbocycles. The van der Waals surface area contributed by atoms with Gasteiger partial charge in [0.2, 0.25) is 0 Å². The fourth-order valence-electron chi connectivity index (χ4n) is 2.42. The Hall–Kier alpha value is 0.114. The first-order valence-electron chi connectivity index (χ1n) is 10.1. The summed E-state index contributed by atoms with van der Waals surface area (Å²) in [6.45, 7) is 15.3. The molecule has 0 aromatic rings. The van der Waals surface area contributed by atoms with Gasteiger partial charge in [-0.15, -0.1) is 0 Å². The molecule has 8 nitrogen and oxygen atoms in total. The molecular formula is C18H40O8Si2. The fraction of sp³-hybridized carbons (Fsp3) is 1.00. The van der Waals surface area contributed by atoms with Gasteiger partial charge in [-0.1, -0.05) is 0 Å². The summed E-state index contributed by atoms with van der Waals surface area (Å²) in [4.78, 5) is 0. The highest BCUT2D eigenvalue weighted by atomic mass is 28.4. The predicted molar refractivity (Wildman–Crippen MR) is 111 cm³/mol. The van der Waals surface area contributed by atoms with E-state index in [4.69, 9.17) is 36.7 Å². The van der Waals surface area contributed by atoms with Crippen LogP contribution in [-0.2, 0) is 36.7 Å². The van der Waals surface area contributed by atoms with E-state index in [2.05, 4.69) is 6.55 Å². The van der Waals surface area contributed by atoms with E-state index in [0.717, 1.165) is 19.3 Å². The van der Waals surface area contributed by atoms with Crippen LogP contribution in [-0.4, -0.2) is 95.5 Å². The van der Waals surface area contributed by atoms with E-state index in [1.807, 2.05) is 27.3 Å². The Kier molecular flexibility index (Phi) is 12.5. The minimum absolute atomic E-state index is 0.0340. The highest BCUT2D eigenvalue weighted by Gasteiger charge is 2.38. The summed E-state index contributed by atoms with van der Waals surface area (Å²) in [6, 6.07) is 0.890. The lowest BCUT2D eigenvalue weighted by atomic mass is 10.5. The first-order valence-corrected chi connectivity index (χ1v) is 15.0. The molecule has 2 saturated heterocycles. The van der Waals surface area contributed by atoms with Crippen molar-refractivity contribution in [2.45, 2.75) is 57.8 Å². The second-order valence-electron chi connectivity index (χ2n) is 7.14. The summed E-state index contributed by atoms with van der Waals surface area (Å²) < 4.78 is 43.3. The van der Waals surface area contributed by atoms with Gasteiger partial charge in [0, 0.05) is 40.1 Å². The molecule has 0 radical (unpaired) electrons. The summed E-state index contributed by atoms with van der Waals surface area (Å²) in [6.07, 6.45) is 0.645. The van der Waals surface area contributed by atoms with Gasteiger partial charge in [0.05, 0.1) is 32.2 Å². The van der Waals surface area contributed by atoms with E-state index in [0.29, 0.717) is 45.2 Å². The minimum Gasteiger partial charge on any atom is -0.396 e. The zero-order valence-corrected chi connectivity index (χ0v) is 20.7. The molecule has 3 unspecified atom stereocenters. The molecule has 2 aliphatic heterocycles. The first-order chi connectivity index (χ1) is 13.3. The van der Waals surface area contributed by atoms with Gasteiger partial charge in [-0.3, -0.25) is 0 Å². The van der Waals surface area contributed by atoms with Crippen molar-refractivity contribution < 1.29 is 36.7 Å². The van der Waals surface area contributed by atoms with E-state index in [1.54, 1.807) is 14.2 Å². The number of hydrogen-bond donors (Lipinski definition) is 0. The Labute approximate surface area is 172 Å². The van der Waals surface area contributed by atoms with Crippen LogP contribution in [0.2, 0.25) is 19.1 Å². The van der Waals surface area contributed by atoms with Crippen molar-refractivity contribution in [1.29, 1.82) is 0 Å². The van der Waals surface area contributed by atoms with Crippen molar-refractivity contribution in [1.82, 2.24) is 0 Å². The Morgan fingerprint density at radius 1 is 0.929 bits per heavy atom. The smallest absolute Gasteiger partial charge is 0.364 e. The monoisotopic (exact) mass is 440 g/mol. The molecule has 0 spiro atoms. The Balaban J connectivity index is 0.000000283. The molecule has 2 fully saturated rings. The van der Waals surface area contributed by atoms with E-state index in [1.165, 1.54) is 0 Å². The molecule has 0 bridgehead atoms. The van der Waals surface area contributed by atoms with Gasteiger partial charge in [0.15, 0.2) is 0 Å². The maximum atomic E-state index is 5.70. The van der Waals surface area contributed by atoms with Crippen LogP contribution >= 0.6 is 0 Å². The van der Waals surface area contributed by atoms with Gasteiger partial charge in [-0.25, -0.2) is 0 Å². The summed E-state index contributed by atoms with van der Waals surface area (Å²) >= 11 is 0. The third kappa shape index (κ3) is 10.8. The topological polar surface area (TPSA) is 80.4 Å². The molecule has 0 aromatic heterocycles. The van der Waals surface area contributed by atoms with Gasteiger partial charge < -0.3 is 36.7 Å². The van der Waals surface area contributed by atoms with Crippen LogP contribution in [0.4, 0.5) is 0 Å². The van der Waals surface area contributed by atoms with Gasteiger partial charge in [0.25, 0.3) is 0 Å². The second kappa shape index (κ2) is 13.4. The molecule has 0 amide bonds. The lowest BCUT2D eigenvalue weighted by Crippen LogP contribution is -2.49. The third-order valence-corrected chi connectivity index (χ3v) is 11.0. The van der Waals surface area contributed by atoms with E-state index in [9.17, 15) is 0 Å². The van der Waals surface area contributed by atoms with Crippen molar-refractivity contribution in [3.8, 4) is 0 Å². The van der Waals surface area contributed by atoms with Crippen molar-refractivity contribution >= 4 is 17.1 Å². The van der Waals surface area contributed by atoms with Crippen LogP contribution in [0, 0.1) is 0 Å². The van der Waals surface area contributed by atoms with Crippen molar-refractivity contribution in [2.24, 2.45) is 0 Å². The molecule has 0 aliphatic carbocycles. The molecule has 0 N–H and O–H groups in total. The lowest BCUT2D eigenvalue weighted by Gasteiger charge is -2.28. The molecule has 0 aromatic carbocycles. The minimum atomic E-state index is -2.12. The zero-order valence-electron chi connectivity index (χ0n) is 18.7. The molecule has 2 heterocycles. The Bertz CT molecular complexity index is 397. The van der Waals surface area contributed by atoms with Crippen LogP contribution in [0.25, 0.3) is 0 Å². The van der Waals surface area contributed by atoms with Crippen LogP contribution in [0.1, 0.15) is 20.8 Å². The van der Waals surface area contributed by atoms with Crippen molar-refractivity contribution in [2.75, 3.05) is 60.5 Å². The molecule has 10 heteroatoms. The SMILES string of the molecule is CCO[Si](C)(CCOCC1CO1)OCC.CO[Si](C)(OC)C(C)OCC1CO1. The third-order valence-electron chi connectivity index (χ3n) is 4.79. The van der Waals surface area contributed by atoms with E-state index in [-0.39, 0.29) is 5.73 Å². The first kappa shape index (κ1) is 26.1. The van der Waals surface area contributed by atoms with Gasteiger partial charge in [-0.05, 0) is 33.9 Å². The van der Waals surface area contributed by atoms with Gasteiger partial charge in [0.1, 0.15) is 12.2 Å². The largest absolute Gasteiger partial charge is 0.396 e. The summed E-state index contributed by atoms with van der Waals surface area (Å²) in [5, 5.41) is 0. The zero-order chi connectivity index (χ0) is 21.0.